The second-order valence-corrected chi connectivity index (χ2v) is 15.5. The van der Waals surface area contributed by atoms with Crippen molar-refractivity contribution in [3.05, 3.63) is 100 Å². The van der Waals surface area contributed by atoms with E-state index in [1.54, 1.807) is 23.9 Å². The van der Waals surface area contributed by atoms with E-state index >= 15 is 4.39 Å². The van der Waals surface area contributed by atoms with Crippen LogP contribution in [0.3, 0.4) is 0 Å². The van der Waals surface area contributed by atoms with Crippen molar-refractivity contribution in [3.8, 4) is 11.5 Å². The summed E-state index contributed by atoms with van der Waals surface area (Å²) in [5.41, 5.74) is 4.31. The highest BCUT2D eigenvalue weighted by Crippen LogP contribution is 2.41. The third kappa shape index (κ3) is 7.88. The average Bonchev–Trinajstić information content (AvgIpc) is 3.72. The lowest BCUT2D eigenvalue weighted by Gasteiger charge is -2.31. The van der Waals surface area contributed by atoms with Crippen molar-refractivity contribution in [1.29, 1.82) is 0 Å². The molecule has 1 N–H and O–H groups in total. The molecule has 268 valence electrons. The van der Waals surface area contributed by atoms with E-state index in [-0.39, 0.29) is 17.8 Å². The average molecular weight is 712 g/mol. The van der Waals surface area contributed by atoms with Gasteiger partial charge in [-0.3, -0.25) is 14.6 Å². The molecule has 11 heteroatoms. The van der Waals surface area contributed by atoms with Gasteiger partial charge in [-0.15, -0.1) is 0 Å². The van der Waals surface area contributed by atoms with E-state index in [0.717, 1.165) is 52.8 Å². The van der Waals surface area contributed by atoms with E-state index in [1.807, 2.05) is 49.3 Å². The minimum absolute atomic E-state index is 0.0291. The Morgan fingerprint density at radius 2 is 1.94 bits per heavy atom. The second kappa shape index (κ2) is 15.0. The maximum absolute atomic E-state index is 16.2. The van der Waals surface area contributed by atoms with Crippen molar-refractivity contribution in [1.82, 2.24) is 24.7 Å². The van der Waals surface area contributed by atoms with Crippen LogP contribution in [0.25, 0.3) is 22.4 Å². The molecule has 6 rings (SSSR count). The van der Waals surface area contributed by atoms with Crippen molar-refractivity contribution in [3.63, 3.8) is 0 Å². The van der Waals surface area contributed by atoms with Crippen LogP contribution in [0.4, 0.5) is 4.39 Å². The number of thioether (sulfide) groups is 1. The van der Waals surface area contributed by atoms with Gasteiger partial charge < -0.3 is 14.5 Å². The molecule has 0 fully saturated rings. The summed E-state index contributed by atoms with van der Waals surface area (Å²) in [6.07, 6.45) is 5.92. The number of ether oxygens (including phenoxy) is 2. The number of pyridine rings is 1. The van der Waals surface area contributed by atoms with Crippen LogP contribution in [0.1, 0.15) is 93.6 Å². The number of hydrogen-bond acceptors (Lipinski definition) is 8. The lowest BCUT2D eigenvalue weighted by atomic mass is 9.75. The van der Waals surface area contributed by atoms with E-state index in [9.17, 15) is 9.59 Å². The van der Waals surface area contributed by atoms with Gasteiger partial charge in [-0.05, 0) is 91.0 Å². The molecule has 4 heterocycles. The first-order valence-electron chi connectivity index (χ1n) is 17.5. The van der Waals surface area contributed by atoms with Gasteiger partial charge in [0, 0.05) is 48.4 Å². The van der Waals surface area contributed by atoms with Gasteiger partial charge in [-0.1, -0.05) is 44.5 Å². The van der Waals surface area contributed by atoms with Crippen molar-refractivity contribution < 1.29 is 23.5 Å². The van der Waals surface area contributed by atoms with Crippen LogP contribution in [-0.4, -0.2) is 54.8 Å². The predicted molar refractivity (Wildman–Crippen MR) is 198 cm³/mol. The number of nitrogens with zero attached hydrogens (tertiary/aromatic N) is 4. The molecular weight excluding hydrogens is 666 g/mol. The first-order chi connectivity index (χ1) is 24.4. The van der Waals surface area contributed by atoms with Crippen molar-refractivity contribution in [2.24, 2.45) is 12.5 Å². The Balaban J connectivity index is 1.50. The number of aromatic amines is 1. The van der Waals surface area contributed by atoms with Crippen LogP contribution in [0.2, 0.25) is 0 Å². The highest BCUT2D eigenvalue weighted by atomic mass is 32.2. The van der Waals surface area contributed by atoms with Crippen molar-refractivity contribution in [2.45, 2.75) is 78.2 Å². The van der Waals surface area contributed by atoms with E-state index in [1.165, 1.54) is 13.0 Å². The van der Waals surface area contributed by atoms with Crippen LogP contribution in [0.15, 0.2) is 60.9 Å². The Morgan fingerprint density at radius 3 is 2.73 bits per heavy atom. The number of aryl methyl sites for hydroxylation is 2. The van der Waals surface area contributed by atoms with Crippen molar-refractivity contribution >= 4 is 34.6 Å². The monoisotopic (exact) mass is 711 g/mol. The summed E-state index contributed by atoms with van der Waals surface area (Å²) >= 11 is 1.85. The van der Waals surface area contributed by atoms with Gasteiger partial charge in [0.2, 0.25) is 0 Å². The number of halogens is 1. The molecule has 1 aliphatic rings. The third-order valence-corrected chi connectivity index (χ3v) is 11.3. The van der Waals surface area contributed by atoms with Crippen LogP contribution in [0.5, 0.6) is 0 Å². The number of H-pyrrole nitrogens is 1. The van der Waals surface area contributed by atoms with Crippen molar-refractivity contribution in [2.75, 3.05) is 18.1 Å². The summed E-state index contributed by atoms with van der Waals surface area (Å²) < 4.78 is 29.1. The Hall–Kier alpha value is -4.51. The molecule has 3 aromatic heterocycles. The number of benzene rings is 2. The fraction of sp³-hybridized carbons (Fsp3) is 0.425. The Kier molecular flexibility index (Phi) is 10.7. The summed E-state index contributed by atoms with van der Waals surface area (Å²) in [7, 11) is 1.84. The Morgan fingerprint density at radius 1 is 1.12 bits per heavy atom. The standard InChI is InChI=1S/C40H46FN5O4S/c1-7-49-34(48)21-26-10-8-11-28(20-26)40(5)16-9-15-39(3,4)24-51-19-14-30-29-13-18-42-32(29)23-31(41)35(30)36(50-25(2)47)27-12-17-43-33(22-27)37-44-38(40)45-46(37)6/h8,10-13,17-18,20,22-23,36,42H,7,9,14-16,19,21,24H2,1-6H3. The minimum Gasteiger partial charge on any atom is -0.466 e. The summed E-state index contributed by atoms with van der Waals surface area (Å²) in [6, 6.07) is 15.1. The van der Waals surface area contributed by atoms with Crippen LogP contribution >= 0.6 is 11.8 Å². The fourth-order valence-corrected chi connectivity index (χ4v) is 8.34. The van der Waals surface area contributed by atoms with Gasteiger partial charge in [0.25, 0.3) is 0 Å². The normalized spacial score (nSPS) is 19.5. The molecule has 9 nitrogen and oxygen atoms in total. The van der Waals surface area contributed by atoms with Gasteiger partial charge >= 0.3 is 11.9 Å². The van der Waals surface area contributed by atoms with Crippen LogP contribution in [0, 0.1) is 11.2 Å². The molecule has 0 amide bonds. The number of nitrogens with one attached hydrogen (secondary N) is 1. The number of esters is 2. The quantitative estimate of drug-likeness (QED) is 0.182. The van der Waals surface area contributed by atoms with Crippen LogP contribution < -0.4 is 0 Å². The number of hydrogen-bond donors (Lipinski definition) is 1. The summed E-state index contributed by atoms with van der Waals surface area (Å²) in [5, 5.41) is 5.89. The number of aromatic nitrogens is 5. The molecule has 0 radical (unpaired) electrons. The number of fused-ring (bicyclic) bond motifs is 8. The molecule has 0 saturated heterocycles. The molecule has 2 aromatic carbocycles. The van der Waals surface area contributed by atoms with Gasteiger partial charge in [0.15, 0.2) is 17.8 Å². The molecular formula is C40H46FN5O4S. The summed E-state index contributed by atoms with van der Waals surface area (Å²) in [6.45, 7) is 10.2. The first kappa shape index (κ1) is 36.3. The molecule has 5 aromatic rings. The molecule has 4 bridgehead atoms. The van der Waals surface area contributed by atoms with E-state index < -0.39 is 23.3 Å². The van der Waals surface area contributed by atoms with Gasteiger partial charge in [-0.2, -0.15) is 16.9 Å². The second-order valence-electron chi connectivity index (χ2n) is 14.4. The minimum atomic E-state index is -1.00. The molecule has 2 atom stereocenters. The number of carbonyl (C=O) groups excluding carboxylic acids is 2. The zero-order valence-electron chi connectivity index (χ0n) is 30.2. The Bertz CT molecular complexity index is 2060. The SMILES string of the molecule is CCOC(=O)Cc1cccc(C2(C)CCCC(C)(C)CSCCc3c(c(F)cc4[nH]ccc34)C(OC(C)=O)c3ccnc(c3)-c3nc2nn3C)c1. The zero-order chi connectivity index (χ0) is 36.3. The smallest absolute Gasteiger partial charge is 0.310 e. The van der Waals surface area contributed by atoms with Gasteiger partial charge in [0.1, 0.15) is 11.5 Å². The molecule has 0 aliphatic carbocycles. The highest BCUT2D eigenvalue weighted by Gasteiger charge is 2.36. The topological polar surface area (TPSA) is 112 Å². The summed E-state index contributed by atoms with van der Waals surface area (Å²) in [5.74, 6) is 1.65. The highest BCUT2D eigenvalue weighted by molar-refractivity contribution is 7.99. The maximum atomic E-state index is 16.2. The predicted octanol–water partition coefficient (Wildman–Crippen LogP) is 8.05. The van der Waals surface area contributed by atoms with E-state index in [2.05, 4.69) is 42.9 Å². The Labute approximate surface area is 302 Å². The number of carbonyl (C=O) groups is 2. The number of rotatable bonds is 5. The first-order valence-corrected chi connectivity index (χ1v) is 18.7. The lowest BCUT2D eigenvalue weighted by molar-refractivity contribution is -0.145. The zero-order valence-corrected chi connectivity index (χ0v) is 31.0. The third-order valence-electron chi connectivity index (χ3n) is 9.81. The molecule has 51 heavy (non-hydrogen) atoms. The largest absolute Gasteiger partial charge is 0.466 e. The maximum Gasteiger partial charge on any atom is 0.310 e. The molecule has 1 aliphatic heterocycles. The molecule has 2 unspecified atom stereocenters. The molecule has 0 spiro atoms. The van der Waals surface area contributed by atoms with Gasteiger partial charge in [-0.25, -0.2) is 14.1 Å². The van der Waals surface area contributed by atoms with E-state index in [0.29, 0.717) is 47.0 Å². The van der Waals surface area contributed by atoms with Crippen LogP contribution in [-0.2, 0) is 44.4 Å². The fourth-order valence-electron chi connectivity index (χ4n) is 7.15. The molecule has 0 saturated carbocycles. The summed E-state index contributed by atoms with van der Waals surface area (Å²) in [4.78, 5) is 37.9. The van der Waals surface area contributed by atoms with Gasteiger partial charge in [0.05, 0.1) is 18.4 Å². The van der Waals surface area contributed by atoms with E-state index in [4.69, 9.17) is 19.6 Å². The lowest BCUT2D eigenvalue weighted by Crippen LogP contribution is -2.27.